The minimum absolute atomic E-state index is 0.191. The molecule has 0 spiro atoms. The second-order valence-corrected chi connectivity index (χ2v) is 6.56. The predicted molar refractivity (Wildman–Crippen MR) is 112 cm³/mol. The molecule has 0 aliphatic rings. The zero-order valence-electron chi connectivity index (χ0n) is 15.9. The smallest absolute Gasteiger partial charge is 0.278 e. The zero-order valence-corrected chi connectivity index (χ0v) is 15.9. The predicted octanol–water partition coefficient (Wildman–Crippen LogP) is 2.74. The van der Waals surface area contributed by atoms with Gasteiger partial charge in [-0.25, -0.2) is 4.68 Å². The number of carbonyl (C=O) groups is 2. The fraction of sp³-hybridized carbons (Fsp3) is 0.0455. The van der Waals surface area contributed by atoms with Crippen molar-refractivity contribution in [1.29, 1.82) is 0 Å². The Balaban J connectivity index is 1.67. The van der Waals surface area contributed by atoms with E-state index in [1.807, 2.05) is 30.3 Å². The molecule has 148 valence electrons. The van der Waals surface area contributed by atoms with E-state index < -0.39 is 11.8 Å². The van der Waals surface area contributed by atoms with Crippen molar-refractivity contribution in [3.05, 3.63) is 95.9 Å². The summed E-state index contributed by atoms with van der Waals surface area (Å²) in [6, 6.07) is 19.7. The van der Waals surface area contributed by atoms with Crippen molar-refractivity contribution in [1.82, 2.24) is 20.0 Å². The maximum absolute atomic E-state index is 13.0. The summed E-state index contributed by atoms with van der Waals surface area (Å²) in [4.78, 5) is 28.2. The monoisotopic (exact) mass is 398 g/mol. The zero-order chi connectivity index (χ0) is 20.9. The topological polar surface area (TPSA) is 116 Å². The van der Waals surface area contributed by atoms with Crippen molar-refractivity contribution in [3.8, 4) is 11.3 Å². The van der Waals surface area contributed by atoms with Crippen LogP contribution in [0.1, 0.15) is 26.4 Å². The van der Waals surface area contributed by atoms with Gasteiger partial charge in [0, 0.05) is 29.2 Å². The third-order valence-corrected chi connectivity index (χ3v) is 4.51. The molecule has 8 heteroatoms. The normalized spacial score (nSPS) is 10.5. The molecule has 0 aliphatic heterocycles. The number of carbonyl (C=O) groups excluding carboxylic acids is 2. The van der Waals surface area contributed by atoms with Crippen LogP contribution in [0.5, 0.6) is 0 Å². The van der Waals surface area contributed by atoms with E-state index in [1.54, 1.807) is 53.5 Å². The van der Waals surface area contributed by atoms with Crippen LogP contribution < -0.4 is 11.1 Å². The van der Waals surface area contributed by atoms with Gasteiger partial charge in [0.25, 0.3) is 5.91 Å². The number of hydrogen-bond acceptors (Lipinski definition) is 5. The molecule has 2 aromatic heterocycles. The lowest BCUT2D eigenvalue weighted by molar-refractivity contribution is 0.0998. The maximum atomic E-state index is 13.0. The van der Waals surface area contributed by atoms with E-state index in [1.165, 1.54) is 0 Å². The van der Waals surface area contributed by atoms with Crippen LogP contribution in [-0.2, 0) is 6.54 Å². The molecular weight excluding hydrogens is 380 g/mol. The highest BCUT2D eigenvalue weighted by Crippen LogP contribution is 2.23. The third kappa shape index (κ3) is 4.07. The van der Waals surface area contributed by atoms with Gasteiger partial charge < -0.3 is 11.1 Å². The van der Waals surface area contributed by atoms with Gasteiger partial charge in [0.1, 0.15) is 5.69 Å². The average Bonchev–Trinajstić information content (AvgIpc) is 3.19. The standard InChI is InChI=1S/C22H18N6O2/c23-21(29)17-6-8-18(9-7-17)25-22(30)19-20(16-10-12-24-13-11-16)28(27-26-19)14-15-4-2-1-3-5-15/h1-13H,14H2,(H2,23,29)(H,25,30). The number of aromatic nitrogens is 4. The van der Waals surface area contributed by atoms with Gasteiger partial charge in [0.2, 0.25) is 5.91 Å². The van der Waals surface area contributed by atoms with Crippen LogP contribution in [0.2, 0.25) is 0 Å². The van der Waals surface area contributed by atoms with Gasteiger partial charge in [-0.15, -0.1) is 5.10 Å². The summed E-state index contributed by atoms with van der Waals surface area (Å²) in [5.41, 5.74) is 8.72. The van der Waals surface area contributed by atoms with Crippen molar-refractivity contribution in [2.45, 2.75) is 6.54 Å². The van der Waals surface area contributed by atoms with Crippen LogP contribution in [0.15, 0.2) is 79.1 Å². The van der Waals surface area contributed by atoms with E-state index in [0.29, 0.717) is 23.5 Å². The Morgan fingerprint density at radius 1 is 0.933 bits per heavy atom. The molecule has 4 aromatic rings. The lowest BCUT2D eigenvalue weighted by Crippen LogP contribution is -2.15. The Hall–Kier alpha value is -4.33. The van der Waals surface area contributed by atoms with Gasteiger partial charge in [-0.1, -0.05) is 35.5 Å². The van der Waals surface area contributed by atoms with Crippen LogP contribution in [0.25, 0.3) is 11.3 Å². The van der Waals surface area contributed by atoms with Crippen molar-refractivity contribution < 1.29 is 9.59 Å². The highest BCUT2D eigenvalue weighted by molar-refractivity contribution is 6.06. The van der Waals surface area contributed by atoms with Crippen molar-refractivity contribution in [3.63, 3.8) is 0 Å². The van der Waals surface area contributed by atoms with Crippen LogP contribution in [0.4, 0.5) is 5.69 Å². The number of nitrogens with two attached hydrogens (primary N) is 1. The molecule has 0 saturated heterocycles. The lowest BCUT2D eigenvalue weighted by atomic mass is 10.1. The lowest BCUT2D eigenvalue weighted by Gasteiger charge is -2.09. The van der Waals surface area contributed by atoms with E-state index in [-0.39, 0.29) is 5.69 Å². The van der Waals surface area contributed by atoms with E-state index in [2.05, 4.69) is 20.6 Å². The summed E-state index contributed by atoms with van der Waals surface area (Å²) in [7, 11) is 0. The number of pyridine rings is 1. The highest BCUT2D eigenvalue weighted by Gasteiger charge is 2.21. The van der Waals surface area contributed by atoms with Crippen LogP contribution in [0.3, 0.4) is 0 Å². The third-order valence-electron chi connectivity index (χ3n) is 4.51. The Bertz CT molecular complexity index is 1170. The van der Waals surface area contributed by atoms with Gasteiger partial charge in [0.15, 0.2) is 5.69 Å². The summed E-state index contributed by atoms with van der Waals surface area (Å²) >= 11 is 0. The van der Waals surface area contributed by atoms with Crippen LogP contribution in [-0.4, -0.2) is 31.8 Å². The van der Waals surface area contributed by atoms with Gasteiger partial charge in [-0.2, -0.15) is 0 Å². The molecule has 8 nitrogen and oxygen atoms in total. The molecule has 4 rings (SSSR count). The Morgan fingerprint density at radius 3 is 2.30 bits per heavy atom. The molecule has 0 unspecified atom stereocenters. The first-order valence-corrected chi connectivity index (χ1v) is 9.21. The number of hydrogen-bond donors (Lipinski definition) is 2. The molecule has 3 N–H and O–H groups in total. The summed E-state index contributed by atoms with van der Waals surface area (Å²) in [5.74, 6) is -0.940. The molecule has 0 bridgehead atoms. The second-order valence-electron chi connectivity index (χ2n) is 6.56. The van der Waals surface area contributed by atoms with Crippen molar-refractivity contribution >= 4 is 17.5 Å². The minimum atomic E-state index is -0.531. The van der Waals surface area contributed by atoms with E-state index >= 15 is 0 Å². The van der Waals surface area contributed by atoms with Gasteiger partial charge in [0.05, 0.1) is 6.54 Å². The van der Waals surface area contributed by atoms with Crippen molar-refractivity contribution in [2.24, 2.45) is 5.73 Å². The number of nitrogens with one attached hydrogen (secondary N) is 1. The molecule has 0 fully saturated rings. The van der Waals surface area contributed by atoms with Crippen LogP contribution >= 0.6 is 0 Å². The quantitative estimate of drug-likeness (QED) is 0.518. The Kier molecular flexibility index (Phi) is 5.29. The van der Waals surface area contributed by atoms with E-state index in [4.69, 9.17) is 5.73 Å². The fourth-order valence-corrected chi connectivity index (χ4v) is 3.04. The largest absolute Gasteiger partial charge is 0.366 e. The van der Waals surface area contributed by atoms with Gasteiger partial charge in [-0.05, 0) is 42.0 Å². The van der Waals surface area contributed by atoms with E-state index in [0.717, 1.165) is 11.1 Å². The fourth-order valence-electron chi connectivity index (χ4n) is 3.04. The number of rotatable bonds is 6. The molecule has 2 aromatic carbocycles. The average molecular weight is 398 g/mol. The first-order chi connectivity index (χ1) is 14.6. The molecule has 2 heterocycles. The maximum Gasteiger partial charge on any atom is 0.278 e. The van der Waals surface area contributed by atoms with Crippen molar-refractivity contribution in [2.75, 3.05) is 5.32 Å². The number of amides is 2. The van der Waals surface area contributed by atoms with E-state index in [9.17, 15) is 9.59 Å². The van der Waals surface area contributed by atoms with Gasteiger partial charge in [-0.3, -0.25) is 14.6 Å². The number of anilines is 1. The molecular formula is C22H18N6O2. The summed E-state index contributed by atoms with van der Waals surface area (Å²) in [6.45, 7) is 0.464. The first-order valence-electron chi connectivity index (χ1n) is 9.21. The van der Waals surface area contributed by atoms with Crippen LogP contribution in [0, 0.1) is 0 Å². The molecule has 0 atom stereocenters. The van der Waals surface area contributed by atoms with Gasteiger partial charge >= 0.3 is 0 Å². The molecule has 0 aliphatic carbocycles. The molecule has 0 saturated carbocycles. The Morgan fingerprint density at radius 2 is 1.63 bits per heavy atom. The number of benzene rings is 2. The minimum Gasteiger partial charge on any atom is -0.366 e. The summed E-state index contributed by atoms with van der Waals surface area (Å²) in [5, 5.41) is 11.1. The summed E-state index contributed by atoms with van der Waals surface area (Å²) < 4.78 is 1.69. The second kappa shape index (κ2) is 8.36. The SMILES string of the molecule is NC(=O)c1ccc(NC(=O)c2nnn(Cc3ccccc3)c2-c2ccncc2)cc1. The highest BCUT2D eigenvalue weighted by atomic mass is 16.2. The molecule has 0 radical (unpaired) electrons. The number of nitrogens with zero attached hydrogens (tertiary/aromatic N) is 4. The molecule has 2 amide bonds. The Labute approximate surface area is 172 Å². The first kappa shape index (κ1) is 19.0. The number of primary amides is 1. The summed E-state index contributed by atoms with van der Waals surface area (Å²) in [6.07, 6.45) is 3.30. The molecule has 30 heavy (non-hydrogen) atoms.